The van der Waals surface area contributed by atoms with Gasteiger partial charge in [0.1, 0.15) is 11.5 Å². The molecule has 2 aromatic heterocycles. The molecule has 1 N–H and O–H groups in total. The molecule has 0 saturated carbocycles. The summed E-state index contributed by atoms with van der Waals surface area (Å²) in [5, 5.41) is 4.86. The fraction of sp³-hybridized carbons (Fsp3) is 0.316. The maximum Gasteiger partial charge on any atom is 0.270 e. The Morgan fingerprint density at radius 3 is 2.88 bits per heavy atom. The number of carbonyl (C=O) groups excluding carboxylic acids is 1. The van der Waals surface area contributed by atoms with E-state index >= 15 is 0 Å². The zero-order chi connectivity index (χ0) is 16.9. The molecular weight excluding hydrogens is 300 g/mol. The largest absolute Gasteiger partial charge is 0.350 e. The van der Waals surface area contributed by atoms with Crippen molar-refractivity contribution in [3.8, 4) is 0 Å². The predicted molar refractivity (Wildman–Crippen MR) is 95.0 cm³/mol. The fourth-order valence-corrected chi connectivity index (χ4v) is 2.91. The van der Waals surface area contributed by atoms with E-state index in [1.807, 2.05) is 36.5 Å². The van der Waals surface area contributed by atoms with Gasteiger partial charge in [-0.3, -0.25) is 9.78 Å². The number of pyridine rings is 1. The number of fused-ring (bicyclic) bond motifs is 1. The standard InChI is InChI=1S/C19H22N4O/c1-3-12-23-14(2)13-22-17(23)9-11-21-19(24)18-16-7-5-4-6-15(16)8-10-20-18/h4-8,10,13H,3,9,11-12H2,1-2H3,(H,21,24). The highest BCUT2D eigenvalue weighted by atomic mass is 16.1. The van der Waals surface area contributed by atoms with Crippen LogP contribution in [-0.2, 0) is 13.0 Å². The van der Waals surface area contributed by atoms with Crippen LogP contribution in [0.3, 0.4) is 0 Å². The minimum Gasteiger partial charge on any atom is -0.350 e. The first-order chi connectivity index (χ1) is 11.7. The number of aryl methyl sites for hydroxylation is 1. The van der Waals surface area contributed by atoms with E-state index in [-0.39, 0.29) is 5.91 Å². The molecule has 1 amide bonds. The van der Waals surface area contributed by atoms with Gasteiger partial charge in [0.05, 0.1) is 0 Å². The number of hydrogen-bond acceptors (Lipinski definition) is 3. The lowest BCUT2D eigenvalue weighted by Crippen LogP contribution is -2.27. The van der Waals surface area contributed by atoms with Crippen LogP contribution < -0.4 is 5.32 Å². The molecular formula is C19H22N4O. The molecule has 0 saturated heterocycles. The highest BCUT2D eigenvalue weighted by molar-refractivity contribution is 6.05. The van der Waals surface area contributed by atoms with E-state index in [1.54, 1.807) is 6.20 Å². The summed E-state index contributed by atoms with van der Waals surface area (Å²) < 4.78 is 2.21. The van der Waals surface area contributed by atoms with E-state index in [2.05, 4.69) is 33.7 Å². The van der Waals surface area contributed by atoms with Gasteiger partial charge in [0.15, 0.2) is 0 Å². The molecule has 3 rings (SSSR count). The smallest absolute Gasteiger partial charge is 0.270 e. The Morgan fingerprint density at radius 1 is 1.21 bits per heavy atom. The molecule has 24 heavy (non-hydrogen) atoms. The fourth-order valence-electron chi connectivity index (χ4n) is 2.91. The minimum atomic E-state index is -0.142. The van der Waals surface area contributed by atoms with Gasteiger partial charge in [0, 0.05) is 43.0 Å². The van der Waals surface area contributed by atoms with Crippen LogP contribution in [0.4, 0.5) is 0 Å². The van der Waals surface area contributed by atoms with Crippen LogP contribution in [0.15, 0.2) is 42.7 Å². The number of hydrogen-bond donors (Lipinski definition) is 1. The van der Waals surface area contributed by atoms with Crippen molar-refractivity contribution in [2.45, 2.75) is 33.2 Å². The third-order valence-electron chi connectivity index (χ3n) is 4.11. The van der Waals surface area contributed by atoms with Crippen LogP contribution in [0, 0.1) is 6.92 Å². The number of carbonyl (C=O) groups is 1. The Bertz CT molecular complexity index is 848. The lowest BCUT2D eigenvalue weighted by molar-refractivity contribution is 0.0951. The van der Waals surface area contributed by atoms with E-state index in [0.717, 1.165) is 35.3 Å². The van der Waals surface area contributed by atoms with Gasteiger partial charge >= 0.3 is 0 Å². The van der Waals surface area contributed by atoms with Crippen LogP contribution in [0.25, 0.3) is 10.8 Å². The average molecular weight is 322 g/mol. The van der Waals surface area contributed by atoms with Gasteiger partial charge in [-0.25, -0.2) is 4.98 Å². The minimum absolute atomic E-state index is 0.142. The van der Waals surface area contributed by atoms with Crippen molar-refractivity contribution in [2.75, 3.05) is 6.54 Å². The molecule has 124 valence electrons. The van der Waals surface area contributed by atoms with Gasteiger partial charge < -0.3 is 9.88 Å². The molecule has 5 heteroatoms. The summed E-state index contributed by atoms with van der Waals surface area (Å²) in [6.45, 7) is 5.71. The summed E-state index contributed by atoms with van der Waals surface area (Å²) in [5.41, 5.74) is 1.63. The van der Waals surface area contributed by atoms with Gasteiger partial charge in [-0.2, -0.15) is 0 Å². The number of amides is 1. The second-order valence-corrected chi connectivity index (χ2v) is 5.85. The lowest BCUT2D eigenvalue weighted by Gasteiger charge is -2.10. The molecule has 0 fully saturated rings. The maximum absolute atomic E-state index is 12.5. The molecule has 1 aromatic carbocycles. The second kappa shape index (κ2) is 7.25. The Kier molecular flexibility index (Phi) is 4.89. The summed E-state index contributed by atoms with van der Waals surface area (Å²) in [6.07, 6.45) is 5.34. The molecule has 0 aliphatic heterocycles. The molecule has 0 atom stereocenters. The van der Waals surface area contributed by atoms with E-state index in [0.29, 0.717) is 18.7 Å². The number of rotatable bonds is 6. The third-order valence-corrected chi connectivity index (χ3v) is 4.11. The number of imidazole rings is 1. The van der Waals surface area contributed by atoms with Gasteiger partial charge in [0.2, 0.25) is 0 Å². The van der Waals surface area contributed by atoms with E-state index in [9.17, 15) is 4.79 Å². The SMILES string of the molecule is CCCn1c(C)cnc1CCNC(=O)c1nccc2ccccc12. The van der Waals surface area contributed by atoms with Gasteiger partial charge in [-0.1, -0.05) is 31.2 Å². The topological polar surface area (TPSA) is 59.8 Å². The average Bonchev–Trinajstić information content (AvgIpc) is 2.95. The molecule has 0 radical (unpaired) electrons. The first kappa shape index (κ1) is 16.2. The van der Waals surface area contributed by atoms with Crippen molar-refractivity contribution in [2.24, 2.45) is 0 Å². The summed E-state index contributed by atoms with van der Waals surface area (Å²) in [5.74, 6) is 0.873. The van der Waals surface area contributed by atoms with Gasteiger partial charge in [-0.05, 0) is 24.8 Å². The van der Waals surface area contributed by atoms with Gasteiger partial charge in [-0.15, -0.1) is 0 Å². The molecule has 0 bridgehead atoms. The molecule has 0 spiro atoms. The Morgan fingerprint density at radius 2 is 2.04 bits per heavy atom. The normalized spacial score (nSPS) is 10.9. The number of aromatic nitrogens is 3. The first-order valence-electron chi connectivity index (χ1n) is 8.33. The van der Waals surface area contributed by atoms with Crippen LogP contribution in [-0.4, -0.2) is 27.0 Å². The maximum atomic E-state index is 12.5. The first-order valence-corrected chi connectivity index (χ1v) is 8.33. The summed E-state index contributed by atoms with van der Waals surface area (Å²) in [7, 11) is 0. The molecule has 0 aliphatic rings. The number of benzene rings is 1. The van der Waals surface area contributed by atoms with Gasteiger partial charge in [0.25, 0.3) is 5.91 Å². The van der Waals surface area contributed by atoms with Crippen LogP contribution >= 0.6 is 0 Å². The van der Waals surface area contributed by atoms with Crippen molar-refractivity contribution in [1.29, 1.82) is 0 Å². The molecule has 5 nitrogen and oxygen atoms in total. The van der Waals surface area contributed by atoms with Crippen molar-refractivity contribution < 1.29 is 4.79 Å². The highest BCUT2D eigenvalue weighted by Crippen LogP contribution is 2.16. The lowest BCUT2D eigenvalue weighted by atomic mass is 10.1. The Labute approximate surface area is 141 Å². The van der Waals surface area contributed by atoms with Crippen LogP contribution in [0.2, 0.25) is 0 Å². The Balaban J connectivity index is 1.68. The third kappa shape index (κ3) is 3.30. The van der Waals surface area contributed by atoms with Crippen molar-refractivity contribution in [3.63, 3.8) is 0 Å². The quantitative estimate of drug-likeness (QED) is 0.758. The van der Waals surface area contributed by atoms with Crippen molar-refractivity contribution >= 4 is 16.7 Å². The molecule has 3 aromatic rings. The Hall–Kier alpha value is -2.69. The zero-order valence-electron chi connectivity index (χ0n) is 14.1. The zero-order valence-corrected chi connectivity index (χ0v) is 14.1. The van der Waals surface area contributed by atoms with E-state index in [4.69, 9.17) is 0 Å². The van der Waals surface area contributed by atoms with Crippen molar-refractivity contribution in [3.05, 3.63) is 59.9 Å². The van der Waals surface area contributed by atoms with Crippen LogP contribution in [0.1, 0.15) is 35.4 Å². The highest BCUT2D eigenvalue weighted by Gasteiger charge is 2.12. The molecule has 2 heterocycles. The number of nitrogens with one attached hydrogen (secondary N) is 1. The molecule has 0 unspecified atom stereocenters. The second-order valence-electron chi connectivity index (χ2n) is 5.85. The van der Waals surface area contributed by atoms with E-state index < -0.39 is 0 Å². The number of nitrogens with zero attached hydrogens (tertiary/aromatic N) is 3. The van der Waals surface area contributed by atoms with E-state index in [1.165, 1.54) is 0 Å². The summed E-state index contributed by atoms with van der Waals surface area (Å²) in [6, 6.07) is 9.70. The predicted octanol–water partition coefficient (Wildman–Crippen LogP) is 3.12. The summed E-state index contributed by atoms with van der Waals surface area (Å²) in [4.78, 5) is 21.2. The monoisotopic (exact) mass is 322 g/mol. The van der Waals surface area contributed by atoms with Crippen molar-refractivity contribution in [1.82, 2.24) is 19.9 Å². The van der Waals surface area contributed by atoms with Crippen LogP contribution in [0.5, 0.6) is 0 Å². The summed E-state index contributed by atoms with van der Waals surface area (Å²) >= 11 is 0. The molecule has 0 aliphatic carbocycles.